The Morgan fingerprint density at radius 1 is 1.00 bits per heavy atom. The van der Waals surface area contributed by atoms with Crippen molar-refractivity contribution in [3.05, 3.63) is 101 Å². The van der Waals surface area contributed by atoms with Gasteiger partial charge in [0.2, 0.25) is 0 Å². The highest BCUT2D eigenvalue weighted by Crippen LogP contribution is 2.30. The van der Waals surface area contributed by atoms with Crippen LogP contribution in [0.4, 0.5) is 13.2 Å². The number of aryl methyl sites for hydroxylation is 1. The molecule has 7 heteroatoms. The van der Waals surface area contributed by atoms with E-state index in [2.05, 4.69) is 4.98 Å². The Morgan fingerprint density at radius 3 is 2.35 bits per heavy atom. The first-order chi connectivity index (χ1) is 14.9. The van der Waals surface area contributed by atoms with Crippen molar-refractivity contribution in [3.63, 3.8) is 0 Å². The minimum atomic E-state index is -1.55. The highest BCUT2D eigenvalue weighted by Gasteiger charge is 2.19. The van der Waals surface area contributed by atoms with E-state index in [1.165, 1.54) is 7.11 Å². The first-order valence-electron chi connectivity index (χ1n) is 9.36. The molecule has 0 N–H and O–H groups in total. The van der Waals surface area contributed by atoms with Gasteiger partial charge in [0.25, 0.3) is 0 Å². The molecular weight excluding hydrogens is 405 g/mol. The molecule has 0 aliphatic rings. The summed E-state index contributed by atoms with van der Waals surface area (Å²) in [5.74, 6) is -4.10. The van der Waals surface area contributed by atoms with Crippen molar-refractivity contribution >= 4 is 5.78 Å². The number of nitrogens with zero attached hydrogens (tertiary/aromatic N) is 2. The van der Waals surface area contributed by atoms with Crippen molar-refractivity contribution in [2.24, 2.45) is 0 Å². The number of rotatable bonds is 5. The lowest BCUT2D eigenvalue weighted by atomic mass is 9.93. The zero-order valence-corrected chi connectivity index (χ0v) is 16.7. The predicted molar refractivity (Wildman–Crippen MR) is 110 cm³/mol. The standard InChI is InChI=1S/C24H17F3N2O2/c1-14-12-29(13-28-14)21-8-7-15(11-22(21)31-2)24(30)18-6-4-3-5-17(18)16-9-19(25)23(27)20(26)10-16/h3-13H,1-2H3. The second-order valence-electron chi connectivity index (χ2n) is 6.94. The minimum absolute atomic E-state index is 0.0674. The largest absolute Gasteiger partial charge is 0.495 e. The van der Waals surface area contributed by atoms with Crippen LogP contribution in [0.3, 0.4) is 0 Å². The van der Waals surface area contributed by atoms with Crippen molar-refractivity contribution in [1.82, 2.24) is 9.55 Å². The van der Waals surface area contributed by atoms with E-state index in [0.717, 1.165) is 17.8 Å². The molecule has 0 aliphatic heterocycles. The molecule has 4 nitrogen and oxygen atoms in total. The first-order valence-corrected chi connectivity index (χ1v) is 9.36. The molecule has 156 valence electrons. The second kappa shape index (κ2) is 8.10. The molecule has 1 aromatic heterocycles. The lowest BCUT2D eigenvalue weighted by Crippen LogP contribution is -2.06. The fourth-order valence-electron chi connectivity index (χ4n) is 3.38. The summed E-state index contributed by atoms with van der Waals surface area (Å²) in [6, 6.07) is 13.1. The lowest BCUT2D eigenvalue weighted by molar-refractivity contribution is 0.103. The van der Waals surface area contributed by atoms with Gasteiger partial charge in [0.05, 0.1) is 24.8 Å². The fourth-order valence-corrected chi connectivity index (χ4v) is 3.38. The number of benzene rings is 3. The molecule has 0 aliphatic carbocycles. The molecule has 1 heterocycles. The number of hydrogen-bond donors (Lipinski definition) is 0. The number of halogens is 3. The van der Waals surface area contributed by atoms with Crippen molar-refractivity contribution < 1.29 is 22.7 Å². The molecule has 0 saturated heterocycles. The summed E-state index contributed by atoms with van der Waals surface area (Å²) >= 11 is 0. The molecule has 0 atom stereocenters. The highest BCUT2D eigenvalue weighted by molar-refractivity contribution is 6.13. The monoisotopic (exact) mass is 422 g/mol. The molecule has 0 radical (unpaired) electrons. The molecule has 0 unspecified atom stereocenters. The third-order valence-corrected chi connectivity index (χ3v) is 4.90. The Morgan fingerprint density at radius 2 is 1.71 bits per heavy atom. The van der Waals surface area contributed by atoms with Crippen LogP contribution in [0.5, 0.6) is 5.75 Å². The topological polar surface area (TPSA) is 44.1 Å². The fraction of sp³-hybridized carbons (Fsp3) is 0.0833. The number of aromatic nitrogens is 2. The van der Waals surface area contributed by atoms with Gasteiger partial charge in [-0.1, -0.05) is 24.3 Å². The van der Waals surface area contributed by atoms with E-state index in [0.29, 0.717) is 22.6 Å². The van der Waals surface area contributed by atoms with Crippen LogP contribution in [-0.2, 0) is 0 Å². The summed E-state index contributed by atoms with van der Waals surface area (Å²) in [4.78, 5) is 17.5. The third-order valence-electron chi connectivity index (χ3n) is 4.90. The Hall–Kier alpha value is -3.87. The Kier molecular flexibility index (Phi) is 5.33. The van der Waals surface area contributed by atoms with E-state index in [-0.39, 0.29) is 16.9 Å². The number of carbonyl (C=O) groups excluding carboxylic acids is 1. The number of ether oxygens (including phenoxy) is 1. The van der Waals surface area contributed by atoms with Crippen molar-refractivity contribution in [1.29, 1.82) is 0 Å². The zero-order chi connectivity index (χ0) is 22.1. The summed E-state index contributed by atoms with van der Waals surface area (Å²) in [7, 11) is 1.49. The summed E-state index contributed by atoms with van der Waals surface area (Å²) in [5, 5.41) is 0. The van der Waals surface area contributed by atoms with Crippen LogP contribution >= 0.6 is 0 Å². The van der Waals surface area contributed by atoms with Crippen LogP contribution in [0.1, 0.15) is 21.6 Å². The molecule has 0 spiro atoms. The maximum Gasteiger partial charge on any atom is 0.194 e. The van der Waals surface area contributed by atoms with Gasteiger partial charge in [0.1, 0.15) is 5.75 Å². The van der Waals surface area contributed by atoms with E-state index in [9.17, 15) is 18.0 Å². The normalized spacial score (nSPS) is 10.9. The van der Waals surface area contributed by atoms with E-state index in [1.807, 2.05) is 13.1 Å². The molecule has 31 heavy (non-hydrogen) atoms. The molecule has 0 bridgehead atoms. The Balaban J connectivity index is 1.78. The molecule has 3 aromatic carbocycles. The summed E-state index contributed by atoms with van der Waals surface area (Å²) in [6.45, 7) is 1.86. The van der Waals surface area contributed by atoms with Crippen LogP contribution in [0.25, 0.3) is 16.8 Å². The van der Waals surface area contributed by atoms with Gasteiger partial charge < -0.3 is 9.30 Å². The maximum atomic E-state index is 13.8. The van der Waals surface area contributed by atoms with Gasteiger partial charge in [-0.15, -0.1) is 0 Å². The summed E-state index contributed by atoms with van der Waals surface area (Å²) in [6.07, 6.45) is 3.47. The SMILES string of the molecule is COc1cc(C(=O)c2ccccc2-c2cc(F)c(F)c(F)c2)ccc1-n1cnc(C)c1. The second-order valence-corrected chi connectivity index (χ2v) is 6.94. The quantitative estimate of drug-likeness (QED) is 0.315. The van der Waals surface area contributed by atoms with Gasteiger partial charge in [-0.25, -0.2) is 18.2 Å². The van der Waals surface area contributed by atoms with Crippen molar-refractivity contribution in [2.45, 2.75) is 6.92 Å². The van der Waals surface area contributed by atoms with Crippen LogP contribution in [0, 0.1) is 24.4 Å². The van der Waals surface area contributed by atoms with Crippen LogP contribution in [0.15, 0.2) is 67.1 Å². The van der Waals surface area contributed by atoms with Gasteiger partial charge in [-0.3, -0.25) is 4.79 Å². The predicted octanol–water partition coefficient (Wildman–Crippen LogP) is 5.50. The maximum absolute atomic E-state index is 13.8. The van der Waals surface area contributed by atoms with E-state index in [1.54, 1.807) is 53.4 Å². The molecule has 0 saturated carbocycles. The van der Waals surface area contributed by atoms with E-state index >= 15 is 0 Å². The molecule has 4 rings (SSSR count). The van der Waals surface area contributed by atoms with Gasteiger partial charge in [-0.2, -0.15) is 0 Å². The number of carbonyl (C=O) groups is 1. The summed E-state index contributed by atoms with van der Waals surface area (Å²) < 4.78 is 48.1. The number of ketones is 1. The molecular formula is C24H17F3N2O2. The zero-order valence-electron chi connectivity index (χ0n) is 16.7. The minimum Gasteiger partial charge on any atom is -0.495 e. The Bertz CT molecular complexity index is 1270. The number of methoxy groups -OCH3 is 1. The molecule has 0 amide bonds. The van der Waals surface area contributed by atoms with Crippen molar-refractivity contribution in [2.75, 3.05) is 7.11 Å². The third kappa shape index (κ3) is 3.82. The van der Waals surface area contributed by atoms with E-state index in [4.69, 9.17) is 4.74 Å². The van der Waals surface area contributed by atoms with Crippen LogP contribution in [0.2, 0.25) is 0 Å². The average molecular weight is 422 g/mol. The number of hydrogen-bond acceptors (Lipinski definition) is 3. The van der Waals surface area contributed by atoms with Gasteiger partial charge in [0, 0.05) is 17.3 Å². The summed E-state index contributed by atoms with van der Waals surface area (Å²) in [5.41, 5.74) is 2.44. The highest BCUT2D eigenvalue weighted by atomic mass is 19.2. The van der Waals surface area contributed by atoms with Crippen LogP contribution < -0.4 is 4.74 Å². The smallest absolute Gasteiger partial charge is 0.194 e. The average Bonchev–Trinajstić information content (AvgIpc) is 3.22. The number of imidazole rings is 1. The first kappa shape index (κ1) is 20.4. The molecule has 4 aromatic rings. The van der Waals surface area contributed by atoms with Crippen molar-refractivity contribution in [3.8, 4) is 22.6 Å². The van der Waals surface area contributed by atoms with Crippen LogP contribution in [-0.4, -0.2) is 22.4 Å². The lowest BCUT2D eigenvalue weighted by Gasteiger charge is -2.13. The Labute approximate surface area is 176 Å². The van der Waals surface area contributed by atoms with Gasteiger partial charge in [-0.05, 0) is 48.4 Å². The van der Waals surface area contributed by atoms with Gasteiger partial charge >= 0.3 is 0 Å². The van der Waals surface area contributed by atoms with Gasteiger partial charge in [0.15, 0.2) is 23.2 Å². The molecule has 0 fully saturated rings. The van der Waals surface area contributed by atoms with E-state index < -0.39 is 17.5 Å².